The Kier molecular flexibility index (Phi) is 4.69. The quantitative estimate of drug-likeness (QED) is 0.648. The van der Waals surface area contributed by atoms with Crippen LogP contribution < -0.4 is 4.83 Å². The monoisotopic (exact) mass is 254 g/mol. The summed E-state index contributed by atoms with van der Waals surface area (Å²) in [6.45, 7) is 5.74. The molecule has 1 aromatic carbocycles. The highest BCUT2D eigenvalue weighted by atomic mass is 32.2. The van der Waals surface area contributed by atoms with E-state index in [1.165, 1.54) is 0 Å². The summed E-state index contributed by atoms with van der Waals surface area (Å²) >= 11 is 0. The van der Waals surface area contributed by atoms with E-state index < -0.39 is 10.0 Å². The zero-order chi connectivity index (χ0) is 12.9. The predicted molar refractivity (Wildman–Crippen MR) is 69.5 cm³/mol. The molecular weight excluding hydrogens is 236 g/mol. The van der Waals surface area contributed by atoms with Crippen molar-refractivity contribution in [1.29, 1.82) is 0 Å². The minimum atomic E-state index is -3.53. The second kappa shape index (κ2) is 5.82. The second-order valence-corrected chi connectivity index (χ2v) is 5.67. The fourth-order valence-electron chi connectivity index (χ4n) is 1.33. The number of nitrogens with one attached hydrogen (secondary N) is 1. The lowest BCUT2D eigenvalue weighted by atomic mass is 10.2. The van der Waals surface area contributed by atoms with E-state index >= 15 is 0 Å². The average Bonchev–Trinajstić information content (AvgIpc) is 2.28. The number of rotatable bonds is 5. The lowest BCUT2D eigenvalue weighted by Crippen LogP contribution is -2.19. The maximum atomic E-state index is 11.8. The van der Waals surface area contributed by atoms with E-state index in [4.69, 9.17) is 0 Å². The molecule has 0 amide bonds. The summed E-state index contributed by atoms with van der Waals surface area (Å²) in [5, 5.41) is 3.86. The maximum absolute atomic E-state index is 11.8. The summed E-state index contributed by atoms with van der Waals surface area (Å²) in [6.07, 6.45) is 1.73. The Labute approximate surface area is 103 Å². The fraction of sp³-hybridized carbons (Fsp3) is 0.417. The molecule has 94 valence electrons. The Balaban J connectivity index is 2.82. The predicted octanol–water partition coefficient (Wildman–Crippen LogP) is 2.45. The Hall–Kier alpha value is -1.36. The third-order valence-corrected chi connectivity index (χ3v) is 3.52. The van der Waals surface area contributed by atoms with Gasteiger partial charge in [0.2, 0.25) is 0 Å². The van der Waals surface area contributed by atoms with Crippen LogP contribution in [0.2, 0.25) is 0 Å². The molecule has 0 radical (unpaired) electrons. The van der Waals surface area contributed by atoms with Gasteiger partial charge in [-0.3, -0.25) is 0 Å². The number of sulfonamides is 1. The van der Waals surface area contributed by atoms with Crippen LogP contribution in [0.5, 0.6) is 0 Å². The van der Waals surface area contributed by atoms with E-state index in [2.05, 4.69) is 9.93 Å². The van der Waals surface area contributed by atoms with Crippen molar-refractivity contribution < 1.29 is 8.42 Å². The first-order valence-corrected chi connectivity index (χ1v) is 7.05. The zero-order valence-electron chi connectivity index (χ0n) is 10.4. The van der Waals surface area contributed by atoms with Crippen molar-refractivity contribution in [2.45, 2.75) is 38.5 Å². The number of hydrazone groups is 1. The SMILES string of the molecule is CCCC(C)=NNS(=O)(=O)c1ccc(C)cc1. The summed E-state index contributed by atoms with van der Waals surface area (Å²) in [4.78, 5) is 2.47. The van der Waals surface area contributed by atoms with E-state index in [1.807, 2.05) is 13.8 Å². The van der Waals surface area contributed by atoms with Crippen LogP contribution in [0.3, 0.4) is 0 Å². The normalized spacial score (nSPS) is 12.5. The van der Waals surface area contributed by atoms with Gasteiger partial charge in [0.1, 0.15) is 0 Å². The fourth-order valence-corrected chi connectivity index (χ4v) is 2.20. The topological polar surface area (TPSA) is 58.5 Å². The smallest absolute Gasteiger partial charge is 0.200 e. The van der Waals surface area contributed by atoms with Gasteiger partial charge in [0.05, 0.1) is 4.90 Å². The first-order valence-electron chi connectivity index (χ1n) is 5.57. The van der Waals surface area contributed by atoms with Crippen LogP contribution >= 0.6 is 0 Å². The molecule has 0 bridgehead atoms. The molecule has 0 aromatic heterocycles. The first-order chi connectivity index (χ1) is 7.95. The van der Waals surface area contributed by atoms with Gasteiger partial charge >= 0.3 is 0 Å². The Morgan fingerprint density at radius 2 is 1.88 bits per heavy atom. The molecule has 0 fully saturated rings. The third kappa shape index (κ3) is 4.19. The van der Waals surface area contributed by atoms with Crippen molar-refractivity contribution >= 4 is 15.7 Å². The van der Waals surface area contributed by atoms with Gasteiger partial charge in [0.15, 0.2) is 0 Å². The lowest BCUT2D eigenvalue weighted by molar-refractivity contribution is 0.584. The number of hydrogen-bond acceptors (Lipinski definition) is 3. The van der Waals surface area contributed by atoms with Crippen LogP contribution in [0.1, 0.15) is 32.3 Å². The van der Waals surface area contributed by atoms with Crippen LogP contribution in [0.4, 0.5) is 0 Å². The number of nitrogens with zero attached hydrogens (tertiary/aromatic N) is 1. The second-order valence-electron chi connectivity index (χ2n) is 4.00. The van der Waals surface area contributed by atoms with Crippen LogP contribution in [-0.2, 0) is 10.0 Å². The standard InChI is InChI=1S/C12H18N2O2S/c1-4-5-11(3)13-14-17(15,16)12-8-6-10(2)7-9-12/h6-9,14H,4-5H2,1-3H3. The van der Waals surface area contributed by atoms with Crippen LogP contribution in [0.25, 0.3) is 0 Å². The Bertz CT molecular complexity index is 490. The molecule has 4 nitrogen and oxygen atoms in total. The highest BCUT2D eigenvalue weighted by Crippen LogP contribution is 2.09. The van der Waals surface area contributed by atoms with Gasteiger partial charge in [-0.05, 0) is 32.4 Å². The molecule has 17 heavy (non-hydrogen) atoms. The van der Waals surface area contributed by atoms with E-state index in [0.717, 1.165) is 24.1 Å². The molecule has 1 N–H and O–H groups in total. The maximum Gasteiger partial charge on any atom is 0.276 e. The summed E-state index contributed by atoms with van der Waals surface area (Å²) in [6, 6.07) is 6.67. The van der Waals surface area contributed by atoms with E-state index in [9.17, 15) is 8.42 Å². The molecule has 0 saturated heterocycles. The van der Waals surface area contributed by atoms with Gasteiger partial charge in [0.25, 0.3) is 10.0 Å². The van der Waals surface area contributed by atoms with E-state index in [0.29, 0.717) is 0 Å². The number of aryl methyl sites for hydroxylation is 1. The molecule has 0 heterocycles. The highest BCUT2D eigenvalue weighted by Gasteiger charge is 2.11. The molecule has 1 aromatic rings. The van der Waals surface area contributed by atoms with Crippen molar-refractivity contribution in [2.24, 2.45) is 5.10 Å². The number of hydrogen-bond donors (Lipinski definition) is 1. The van der Waals surface area contributed by atoms with Crippen molar-refractivity contribution in [2.75, 3.05) is 0 Å². The molecule has 0 atom stereocenters. The minimum absolute atomic E-state index is 0.233. The Morgan fingerprint density at radius 1 is 1.29 bits per heavy atom. The molecule has 0 saturated carbocycles. The summed E-state index contributed by atoms with van der Waals surface area (Å²) in [5.74, 6) is 0. The Morgan fingerprint density at radius 3 is 2.41 bits per heavy atom. The first kappa shape index (κ1) is 13.7. The molecular formula is C12H18N2O2S. The lowest BCUT2D eigenvalue weighted by Gasteiger charge is -2.05. The van der Waals surface area contributed by atoms with Gasteiger partial charge in [-0.1, -0.05) is 31.0 Å². The van der Waals surface area contributed by atoms with Crippen molar-refractivity contribution in [3.63, 3.8) is 0 Å². The van der Waals surface area contributed by atoms with Crippen LogP contribution in [-0.4, -0.2) is 14.1 Å². The summed E-state index contributed by atoms with van der Waals surface area (Å²) < 4.78 is 23.7. The molecule has 0 aliphatic rings. The van der Waals surface area contributed by atoms with E-state index in [1.54, 1.807) is 31.2 Å². The molecule has 0 aliphatic carbocycles. The zero-order valence-corrected chi connectivity index (χ0v) is 11.2. The molecule has 0 spiro atoms. The largest absolute Gasteiger partial charge is 0.276 e. The molecule has 0 unspecified atom stereocenters. The average molecular weight is 254 g/mol. The molecule has 0 aliphatic heterocycles. The molecule has 1 rings (SSSR count). The number of benzene rings is 1. The van der Waals surface area contributed by atoms with Crippen molar-refractivity contribution in [3.05, 3.63) is 29.8 Å². The summed E-state index contributed by atoms with van der Waals surface area (Å²) in [5.41, 5.74) is 1.80. The third-order valence-electron chi connectivity index (χ3n) is 2.30. The van der Waals surface area contributed by atoms with Crippen molar-refractivity contribution in [1.82, 2.24) is 4.83 Å². The van der Waals surface area contributed by atoms with Gasteiger partial charge < -0.3 is 0 Å². The van der Waals surface area contributed by atoms with Gasteiger partial charge in [-0.2, -0.15) is 13.5 Å². The van der Waals surface area contributed by atoms with Crippen LogP contribution in [0.15, 0.2) is 34.3 Å². The van der Waals surface area contributed by atoms with E-state index in [-0.39, 0.29) is 4.90 Å². The van der Waals surface area contributed by atoms with Gasteiger partial charge in [-0.15, -0.1) is 0 Å². The van der Waals surface area contributed by atoms with Gasteiger partial charge in [-0.25, -0.2) is 4.83 Å². The van der Waals surface area contributed by atoms with Crippen LogP contribution in [0, 0.1) is 6.92 Å². The van der Waals surface area contributed by atoms with Crippen molar-refractivity contribution in [3.8, 4) is 0 Å². The molecule has 5 heteroatoms. The highest BCUT2D eigenvalue weighted by molar-refractivity contribution is 7.89. The van der Waals surface area contributed by atoms with Gasteiger partial charge in [0, 0.05) is 5.71 Å². The summed E-state index contributed by atoms with van der Waals surface area (Å²) in [7, 11) is -3.53. The minimum Gasteiger partial charge on any atom is -0.200 e.